The van der Waals surface area contributed by atoms with E-state index in [0.29, 0.717) is 10.9 Å². The number of phenolic OH excluding ortho intramolecular Hbond substituents is 1. The van der Waals surface area contributed by atoms with E-state index in [0.717, 1.165) is 0 Å². The SMILES string of the molecule is Oc1ccc2c(OC(F)F)ccnc2c1. The smallest absolute Gasteiger partial charge is 0.387 e. The Kier molecular flexibility index (Phi) is 2.37. The van der Waals surface area contributed by atoms with E-state index in [-0.39, 0.29) is 11.5 Å². The lowest BCUT2D eigenvalue weighted by molar-refractivity contribution is -0.0488. The summed E-state index contributed by atoms with van der Waals surface area (Å²) >= 11 is 0. The first-order valence-corrected chi connectivity index (χ1v) is 4.19. The second-order valence-electron chi connectivity index (χ2n) is 2.89. The number of nitrogens with zero attached hydrogens (tertiary/aromatic N) is 1. The number of fused-ring (bicyclic) bond motifs is 1. The van der Waals surface area contributed by atoms with E-state index in [9.17, 15) is 13.9 Å². The Hall–Kier alpha value is -1.91. The van der Waals surface area contributed by atoms with Crippen molar-refractivity contribution in [3.05, 3.63) is 30.5 Å². The van der Waals surface area contributed by atoms with E-state index in [1.807, 2.05) is 0 Å². The van der Waals surface area contributed by atoms with Crippen LogP contribution in [-0.2, 0) is 0 Å². The van der Waals surface area contributed by atoms with Crippen LogP contribution in [0.2, 0.25) is 0 Å². The molecule has 0 radical (unpaired) electrons. The molecule has 0 saturated carbocycles. The highest BCUT2D eigenvalue weighted by Crippen LogP contribution is 2.27. The number of pyridine rings is 1. The molecule has 0 spiro atoms. The van der Waals surface area contributed by atoms with Crippen LogP contribution in [0.3, 0.4) is 0 Å². The summed E-state index contributed by atoms with van der Waals surface area (Å²) < 4.78 is 28.4. The first kappa shape index (κ1) is 9.64. The quantitative estimate of drug-likeness (QED) is 0.829. The fraction of sp³-hybridized carbons (Fsp3) is 0.100. The Morgan fingerprint density at radius 2 is 2.07 bits per heavy atom. The van der Waals surface area contributed by atoms with Gasteiger partial charge in [0.2, 0.25) is 0 Å². The lowest BCUT2D eigenvalue weighted by atomic mass is 10.2. The van der Waals surface area contributed by atoms with Gasteiger partial charge in [-0.1, -0.05) is 0 Å². The Morgan fingerprint density at radius 3 is 2.80 bits per heavy atom. The second-order valence-corrected chi connectivity index (χ2v) is 2.89. The molecule has 0 fully saturated rings. The van der Waals surface area contributed by atoms with Crippen molar-refractivity contribution < 1.29 is 18.6 Å². The maximum Gasteiger partial charge on any atom is 0.387 e. The minimum Gasteiger partial charge on any atom is -0.508 e. The van der Waals surface area contributed by atoms with Crippen LogP contribution >= 0.6 is 0 Å². The number of phenols is 1. The van der Waals surface area contributed by atoms with E-state index in [4.69, 9.17) is 0 Å². The van der Waals surface area contributed by atoms with E-state index in [2.05, 4.69) is 9.72 Å². The molecule has 1 N–H and O–H groups in total. The summed E-state index contributed by atoms with van der Waals surface area (Å²) in [5.41, 5.74) is 0.410. The predicted octanol–water partition coefficient (Wildman–Crippen LogP) is 2.54. The number of hydrogen-bond donors (Lipinski definition) is 1. The largest absolute Gasteiger partial charge is 0.508 e. The molecule has 78 valence electrons. The van der Waals surface area contributed by atoms with Gasteiger partial charge in [0.25, 0.3) is 0 Å². The van der Waals surface area contributed by atoms with E-state index in [1.54, 1.807) is 0 Å². The van der Waals surface area contributed by atoms with E-state index >= 15 is 0 Å². The Labute approximate surface area is 83.9 Å². The average molecular weight is 211 g/mol. The number of aromatic nitrogens is 1. The molecule has 1 aromatic heterocycles. The lowest BCUT2D eigenvalue weighted by Gasteiger charge is -2.07. The third kappa shape index (κ3) is 1.96. The molecule has 0 atom stereocenters. The van der Waals surface area contributed by atoms with Crippen LogP contribution in [-0.4, -0.2) is 16.7 Å². The zero-order valence-electron chi connectivity index (χ0n) is 7.52. The highest BCUT2D eigenvalue weighted by Gasteiger charge is 2.08. The number of halogens is 2. The summed E-state index contributed by atoms with van der Waals surface area (Å²) in [5, 5.41) is 9.61. The number of hydrogen-bond acceptors (Lipinski definition) is 3. The molecule has 3 nitrogen and oxygen atoms in total. The van der Waals surface area contributed by atoms with Crippen LogP contribution in [0.4, 0.5) is 8.78 Å². The van der Waals surface area contributed by atoms with Crippen LogP contribution < -0.4 is 4.74 Å². The molecule has 0 aliphatic heterocycles. The highest BCUT2D eigenvalue weighted by atomic mass is 19.3. The van der Waals surface area contributed by atoms with Crippen molar-refractivity contribution in [2.24, 2.45) is 0 Å². The average Bonchev–Trinajstić information content (AvgIpc) is 2.16. The molecule has 0 bridgehead atoms. The van der Waals surface area contributed by atoms with Crippen LogP contribution in [0.15, 0.2) is 30.5 Å². The van der Waals surface area contributed by atoms with Crippen molar-refractivity contribution in [2.75, 3.05) is 0 Å². The molecule has 0 aliphatic rings. The standard InChI is InChI=1S/C10H7F2NO2/c11-10(12)15-9-3-4-13-8-5-6(14)1-2-7(8)9/h1-5,10,14H. The van der Waals surface area contributed by atoms with Gasteiger partial charge in [0.05, 0.1) is 5.52 Å². The van der Waals surface area contributed by atoms with Crippen LogP contribution in [0, 0.1) is 0 Å². The van der Waals surface area contributed by atoms with Gasteiger partial charge in [-0.25, -0.2) is 0 Å². The summed E-state index contributed by atoms with van der Waals surface area (Å²) in [5.74, 6) is 0.0826. The Bertz CT molecular complexity index is 488. The van der Waals surface area contributed by atoms with Crippen LogP contribution in [0.25, 0.3) is 10.9 Å². The summed E-state index contributed by atoms with van der Waals surface area (Å²) in [6.45, 7) is -2.87. The van der Waals surface area contributed by atoms with Crippen molar-refractivity contribution in [3.8, 4) is 11.5 Å². The van der Waals surface area contributed by atoms with Crippen LogP contribution in [0.1, 0.15) is 0 Å². The molecule has 1 heterocycles. The van der Waals surface area contributed by atoms with Gasteiger partial charge in [0, 0.05) is 17.6 Å². The van der Waals surface area contributed by atoms with Gasteiger partial charge in [-0.2, -0.15) is 8.78 Å². The van der Waals surface area contributed by atoms with E-state index < -0.39 is 6.61 Å². The van der Waals surface area contributed by atoms with Crippen molar-refractivity contribution >= 4 is 10.9 Å². The topological polar surface area (TPSA) is 42.4 Å². The van der Waals surface area contributed by atoms with Gasteiger partial charge in [-0.3, -0.25) is 4.98 Å². The molecule has 1 aromatic carbocycles. The minimum absolute atomic E-state index is 0.0317. The molecule has 0 saturated heterocycles. The van der Waals surface area contributed by atoms with Gasteiger partial charge in [-0.15, -0.1) is 0 Å². The number of aromatic hydroxyl groups is 1. The third-order valence-corrected chi connectivity index (χ3v) is 1.90. The number of ether oxygens (including phenoxy) is 1. The third-order valence-electron chi connectivity index (χ3n) is 1.90. The summed E-state index contributed by atoms with van der Waals surface area (Å²) in [7, 11) is 0. The Balaban J connectivity index is 2.56. The summed E-state index contributed by atoms with van der Waals surface area (Å²) in [6.07, 6.45) is 1.35. The van der Waals surface area contributed by atoms with E-state index in [1.165, 1.54) is 30.5 Å². The van der Waals surface area contributed by atoms with Gasteiger partial charge >= 0.3 is 6.61 Å². The lowest BCUT2D eigenvalue weighted by Crippen LogP contribution is -2.02. The Morgan fingerprint density at radius 1 is 1.27 bits per heavy atom. The molecule has 0 amide bonds. The number of alkyl halides is 2. The van der Waals surface area contributed by atoms with Gasteiger partial charge < -0.3 is 9.84 Å². The zero-order chi connectivity index (χ0) is 10.8. The minimum atomic E-state index is -2.87. The first-order chi connectivity index (χ1) is 7.16. The van der Waals surface area contributed by atoms with Crippen molar-refractivity contribution in [1.29, 1.82) is 0 Å². The van der Waals surface area contributed by atoms with Crippen molar-refractivity contribution in [1.82, 2.24) is 4.98 Å². The fourth-order valence-electron chi connectivity index (χ4n) is 1.31. The molecule has 2 rings (SSSR count). The molecule has 5 heteroatoms. The normalized spacial score (nSPS) is 10.9. The monoisotopic (exact) mass is 211 g/mol. The van der Waals surface area contributed by atoms with Crippen molar-refractivity contribution in [2.45, 2.75) is 6.61 Å². The predicted molar refractivity (Wildman–Crippen MR) is 50.0 cm³/mol. The fourth-order valence-corrected chi connectivity index (χ4v) is 1.31. The molecular formula is C10H7F2NO2. The maximum absolute atomic E-state index is 12.0. The number of benzene rings is 1. The molecule has 0 aliphatic carbocycles. The number of rotatable bonds is 2. The molecule has 0 unspecified atom stereocenters. The molecule has 15 heavy (non-hydrogen) atoms. The van der Waals surface area contributed by atoms with Gasteiger partial charge in [-0.05, 0) is 18.2 Å². The zero-order valence-corrected chi connectivity index (χ0v) is 7.52. The van der Waals surface area contributed by atoms with Crippen molar-refractivity contribution in [3.63, 3.8) is 0 Å². The highest BCUT2D eigenvalue weighted by molar-refractivity contribution is 5.85. The molecule has 2 aromatic rings. The summed E-state index contributed by atoms with van der Waals surface area (Å²) in [6, 6.07) is 5.61. The second kappa shape index (κ2) is 3.68. The van der Waals surface area contributed by atoms with Gasteiger partial charge in [0.1, 0.15) is 11.5 Å². The maximum atomic E-state index is 12.0. The van der Waals surface area contributed by atoms with Crippen LogP contribution in [0.5, 0.6) is 11.5 Å². The first-order valence-electron chi connectivity index (χ1n) is 4.19. The van der Waals surface area contributed by atoms with Gasteiger partial charge in [0.15, 0.2) is 0 Å². The molecular weight excluding hydrogens is 204 g/mol. The summed E-state index contributed by atoms with van der Waals surface area (Å²) in [4.78, 5) is 3.93.